The number of aromatic nitrogens is 3. The summed E-state index contributed by atoms with van der Waals surface area (Å²) in [6.07, 6.45) is 4.01. The SMILES string of the molecule is CCN(C)S(=O)(=O)c1ccc(Nc2nn(CC3CC3)c3cc[nH]c(=O)c23)cc1. The Labute approximate surface area is 163 Å². The number of nitrogens with one attached hydrogen (secondary N) is 2. The van der Waals surface area contributed by atoms with Gasteiger partial charge < -0.3 is 10.3 Å². The van der Waals surface area contributed by atoms with Gasteiger partial charge in [0.2, 0.25) is 10.0 Å². The van der Waals surface area contributed by atoms with Gasteiger partial charge in [0.1, 0.15) is 5.39 Å². The molecule has 148 valence electrons. The van der Waals surface area contributed by atoms with Crippen molar-refractivity contribution in [3.05, 3.63) is 46.9 Å². The first-order valence-corrected chi connectivity index (χ1v) is 10.8. The van der Waals surface area contributed by atoms with Crippen LogP contribution in [-0.4, -0.2) is 41.1 Å². The van der Waals surface area contributed by atoms with Crippen molar-refractivity contribution in [2.75, 3.05) is 18.9 Å². The van der Waals surface area contributed by atoms with Crippen LogP contribution >= 0.6 is 0 Å². The second kappa shape index (κ2) is 7.06. The Morgan fingerprint density at radius 3 is 2.61 bits per heavy atom. The largest absolute Gasteiger partial charge is 0.338 e. The number of nitrogens with zero attached hydrogens (tertiary/aromatic N) is 3. The molecule has 9 heteroatoms. The summed E-state index contributed by atoms with van der Waals surface area (Å²) in [5, 5.41) is 8.27. The molecule has 0 radical (unpaired) electrons. The Hall–Kier alpha value is -2.65. The fourth-order valence-corrected chi connectivity index (χ4v) is 4.28. The molecular formula is C19H23N5O3S. The van der Waals surface area contributed by atoms with Gasteiger partial charge in [0.05, 0.1) is 10.4 Å². The lowest BCUT2D eigenvalue weighted by atomic mass is 10.3. The van der Waals surface area contributed by atoms with Gasteiger partial charge in [-0.3, -0.25) is 9.48 Å². The van der Waals surface area contributed by atoms with E-state index < -0.39 is 10.0 Å². The highest BCUT2D eigenvalue weighted by atomic mass is 32.2. The second-order valence-electron chi connectivity index (χ2n) is 7.11. The minimum atomic E-state index is -3.49. The summed E-state index contributed by atoms with van der Waals surface area (Å²) >= 11 is 0. The summed E-state index contributed by atoms with van der Waals surface area (Å²) < 4.78 is 28.0. The van der Waals surface area contributed by atoms with Crippen LogP contribution < -0.4 is 10.9 Å². The standard InChI is InChI=1S/C19H23N5O3S/c1-3-23(2)28(26,27)15-8-6-14(7-9-15)21-18-17-16(10-11-20-19(17)25)24(22-18)12-13-4-5-13/h6-11,13H,3-5,12H2,1-2H3,(H,20,25)(H,21,22). The third-order valence-electron chi connectivity index (χ3n) is 5.07. The number of rotatable bonds is 7. The van der Waals surface area contributed by atoms with E-state index in [1.807, 2.05) is 10.7 Å². The van der Waals surface area contributed by atoms with Gasteiger partial charge in [0, 0.05) is 32.0 Å². The molecule has 2 aromatic heterocycles. The fourth-order valence-electron chi connectivity index (χ4n) is 3.11. The normalized spacial score (nSPS) is 14.7. The molecule has 0 saturated heterocycles. The molecule has 1 aromatic carbocycles. The van der Waals surface area contributed by atoms with Crippen molar-refractivity contribution in [2.24, 2.45) is 5.92 Å². The predicted molar refractivity (Wildman–Crippen MR) is 108 cm³/mol. The Bertz CT molecular complexity index is 1160. The van der Waals surface area contributed by atoms with Crippen molar-refractivity contribution in [1.29, 1.82) is 0 Å². The van der Waals surface area contributed by atoms with Crippen LogP contribution in [-0.2, 0) is 16.6 Å². The van der Waals surface area contributed by atoms with Crippen molar-refractivity contribution in [2.45, 2.75) is 31.2 Å². The molecule has 0 bridgehead atoms. The first-order valence-electron chi connectivity index (χ1n) is 9.31. The molecule has 1 aliphatic carbocycles. The average Bonchev–Trinajstić information content (AvgIpc) is 3.43. The number of H-pyrrole nitrogens is 1. The highest BCUT2D eigenvalue weighted by molar-refractivity contribution is 7.89. The van der Waals surface area contributed by atoms with E-state index in [4.69, 9.17) is 0 Å². The number of sulfonamides is 1. The minimum Gasteiger partial charge on any atom is -0.338 e. The lowest BCUT2D eigenvalue weighted by molar-refractivity contribution is 0.486. The Morgan fingerprint density at radius 1 is 1.25 bits per heavy atom. The minimum absolute atomic E-state index is 0.203. The first kappa shape index (κ1) is 18.7. The van der Waals surface area contributed by atoms with Crippen molar-refractivity contribution in [1.82, 2.24) is 19.1 Å². The van der Waals surface area contributed by atoms with Crippen molar-refractivity contribution in [3.63, 3.8) is 0 Å². The lowest BCUT2D eigenvalue weighted by Crippen LogP contribution is -2.26. The molecular weight excluding hydrogens is 378 g/mol. The van der Waals surface area contributed by atoms with Gasteiger partial charge in [0.25, 0.3) is 5.56 Å². The van der Waals surface area contributed by atoms with Crippen LogP contribution in [0.15, 0.2) is 46.2 Å². The zero-order valence-electron chi connectivity index (χ0n) is 15.8. The van der Waals surface area contributed by atoms with Crippen molar-refractivity contribution < 1.29 is 8.42 Å². The number of anilines is 2. The molecule has 8 nitrogen and oxygen atoms in total. The van der Waals surface area contributed by atoms with E-state index in [2.05, 4.69) is 15.4 Å². The zero-order valence-corrected chi connectivity index (χ0v) is 16.7. The van der Waals surface area contributed by atoms with E-state index >= 15 is 0 Å². The van der Waals surface area contributed by atoms with Gasteiger partial charge in [-0.15, -0.1) is 0 Å². The predicted octanol–water partition coefficient (Wildman–Crippen LogP) is 2.52. The summed E-state index contributed by atoms with van der Waals surface area (Å²) in [6.45, 7) is 2.98. The summed E-state index contributed by atoms with van der Waals surface area (Å²) in [5.74, 6) is 1.09. The number of fused-ring (bicyclic) bond motifs is 1. The zero-order chi connectivity index (χ0) is 19.9. The maximum atomic E-state index is 12.4. The van der Waals surface area contributed by atoms with Crippen LogP contribution in [0.25, 0.3) is 10.9 Å². The molecule has 1 aliphatic rings. The summed E-state index contributed by atoms with van der Waals surface area (Å²) in [4.78, 5) is 15.3. The third kappa shape index (κ3) is 3.43. The van der Waals surface area contributed by atoms with Crippen LogP contribution in [0.4, 0.5) is 11.5 Å². The number of hydrogen-bond donors (Lipinski definition) is 2. The van der Waals surface area contributed by atoms with Gasteiger partial charge in [-0.1, -0.05) is 6.92 Å². The maximum Gasteiger partial charge on any atom is 0.261 e. The van der Waals surface area contributed by atoms with Gasteiger partial charge in [-0.05, 0) is 49.1 Å². The summed E-state index contributed by atoms with van der Waals surface area (Å²) in [6, 6.07) is 8.32. The van der Waals surface area contributed by atoms with E-state index in [1.54, 1.807) is 44.4 Å². The molecule has 3 aromatic rings. The molecule has 0 aliphatic heterocycles. The Morgan fingerprint density at radius 2 is 1.96 bits per heavy atom. The highest BCUT2D eigenvalue weighted by Crippen LogP contribution is 2.32. The van der Waals surface area contributed by atoms with Gasteiger partial charge in [0.15, 0.2) is 5.82 Å². The Balaban J connectivity index is 1.66. The Kier molecular flexibility index (Phi) is 4.72. The molecule has 2 heterocycles. The summed E-state index contributed by atoms with van der Waals surface area (Å²) in [5.41, 5.74) is 1.26. The van der Waals surface area contributed by atoms with Gasteiger partial charge in [-0.25, -0.2) is 12.7 Å². The molecule has 0 unspecified atom stereocenters. The molecule has 2 N–H and O–H groups in total. The first-order chi connectivity index (χ1) is 13.4. The van der Waals surface area contributed by atoms with E-state index in [1.165, 1.54) is 17.1 Å². The molecule has 4 rings (SSSR count). The lowest BCUT2D eigenvalue weighted by Gasteiger charge is -2.15. The third-order valence-corrected chi connectivity index (χ3v) is 7.02. The molecule has 0 atom stereocenters. The maximum absolute atomic E-state index is 12.4. The number of aromatic amines is 1. The number of benzene rings is 1. The van der Waals surface area contributed by atoms with Crippen molar-refractivity contribution >= 4 is 32.4 Å². The van der Waals surface area contributed by atoms with Gasteiger partial charge in [-0.2, -0.15) is 5.10 Å². The average molecular weight is 401 g/mol. The molecule has 28 heavy (non-hydrogen) atoms. The quantitative estimate of drug-likeness (QED) is 0.634. The van der Waals surface area contributed by atoms with Crippen LogP contribution in [0.1, 0.15) is 19.8 Å². The van der Waals surface area contributed by atoms with Crippen LogP contribution in [0.5, 0.6) is 0 Å². The van der Waals surface area contributed by atoms with Gasteiger partial charge >= 0.3 is 0 Å². The van der Waals surface area contributed by atoms with E-state index in [0.717, 1.165) is 12.1 Å². The van der Waals surface area contributed by atoms with Crippen LogP contribution in [0, 0.1) is 5.92 Å². The molecule has 1 saturated carbocycles. The molecule has 0 spiro atoms. The summed E-state index contributed by atoms with van der Waals surface area (Å²) in [7, 11) is -1.94. The molecule has 0 amide bonds. The van der Waals surface area contributed by atoms with Crippen LogP contribution in [0.2, 0.25) is 0 Å². The van der Waals surface area contributed by atoms with E-state index in [0.29, 0.717) is 29.4 Å². The van der Waals surface area contributed by atoms with Crippen LogP contribution in [0.3, 0.4) is 0 Å². The van der Waals surface area contributed by atoms with E-state index in [-0.39, 0.29) is 10.5 Å². The number of pyridine rings is 1. The highest BCUT2D eigenvalue weighted by Gasteiger charge is 2.24. The smallest absolute Gasteiger partial charge is 0.261 e. The monoisotopic (exact) mass is 401 g/mol. The second-order valence-corrected chi connectivity index (χ2v) is 9.15. The molecule has 1 fully saturated rings. The fraction of sp³-hybridized carbons (Fsp3) is 0.368. The van der Waals surface area contributed by atoms with Crippen molar-refractivity contribution in [3.8, 4) is 0 Å². The topological polar surface area (TPSA) is 100 Å². The van der Waals surface area contributed by atoms with E-state index in [9.17, 15) is 13.2 Å². The number of hydrogen-bond acceptors (Lipinski definition) is 5.